The summed E-state index contributed by atoms with van der Waals surface area (Å²) in [6, 6.07) is 9.27. The van der Waals surface area contributed by atoms with Crippen LogP contribution < -0.4 is 0 Å². The van der Waals surface area contributed by atoms with Gasteiger partial charge in [-0.15, -0.1) is 0 Å². The number of nitriles is 1. The van der Waals surface area contributed by atoms with Crippen LogP contribution in [-0.2, 0) is 0 Å². The molecule has 1 aromatic carbocycles. The van der Waals surface area contributed by atoms with Gasteiger partial charge in [-0.25, -0.2) is 0 Å². The van der Waals surface area contributed by atoms with E-state index in [1.54, 1.807) is 24.5 Å². The molecule has 0 saturated carbocycles. The van der Waals surface area contributed by atoms with Gasteiger partial charge in [-0.2, -0.15) is 10.4 Å². The SMILES string of the molecule is N#Cc1cccc(C#Cc2cn[nH]c2)c1. The van der Waals surface area contributed by atoms with Crippen LogP contribution in [0.1, 0.15) is 16.7 Å². The van der Waals surface area contributed by atoms with Crippen molar-refractivity contribution in [2.24, 2.45) is 0 Å². The average molecular weight is 193 g/mol. The van der Waals surface area contributed by atoms with E-state index in [1.807, 2.05) is 12.1 Å². The maximum atomic E-state index is 8.70. The minimum absolute atomic E-state index is 0.619. The molecule has 1 N–H and O–H groups in total. The van der Waals surface area contributed by atoms with Gasteiger partial charge in [0.15, 0.2) is 0 Å². The molecule has 0 fully saturated rings. The summed E-state index contributed by atoms with van der Waals surface area (Å²) in [6.45, 7) is 0. The lowest BCUT2D eigenvalue weighted by Crippen LogP contribution is -1.77. The highest BCUT2D eigenvalue weighted by atomic mass is 15.1. The van der Waals surface area contributed by atoms with E-state index in [9.17, 15) is 0 Å². The van der Waals surface area contributed by atoms with Gasteiger partial charge in [0.05, 0.1) is 23.4 Å². The maximum Gasteiger partial charge on any atom is 0.0992 e. The Morgan fingerprint density at radius 3 is 2.67 bits per heavy atom. The first-order valence-corrected chi connectivity index (χ1v) is 4.39. The van der Waals surface area contributed by atoms with Crippen molar-refractivity contribution in [2.45, 2.75) is 0 Å². The van der Waals surface area contributed by atoms with Crippen molar-refractivity contribution in [3.63, 3.8) is 0 Å². The fraction of sp³-hybridized carbons (Fsp3) is 0. The molecule has 0 unspecified atom stereocenters. The molecule has 15 heavy (non-hydrogen) atoms. The standard InChI is InChI=1S/C12H7N3/c13-7-11-3-1-2-10(6-11)4-5-12-8-14-15-9-12/h1-3,6,8-9H,(H,14,15). The molecule has 2 rings (SSSR count). The molecule has 3 heteroatoms. The van der Waals surface area contributed by atoms with E-state index < -0.39 is 0 Å². The van der Waals surface area contributed by atoms with Crippen LogP contribution in [0.25, 0.3) is 0 Å². The molecule has 0 aliphatic carbocycles. The monoisotopic (exact) mass is 193 g/mol. The predicted octanol–water partition coefficient (Wildman–Crippen LogP) is 1.68. The Bertz CT molecular complexity index is 551. The number of aromatic amines is 1. The molecule has 2 aromatic rings. The second kappa shape index (κ2) is 4.13. The van der Waals surface area contributed by atoms with Crippen molar-refractivity contribution in [3.8, 4) is 17.9 Å². The Kier molecular flexibility index (Phi) is 2.49. The fourth-order valence-electron chi connectivity index (χ4n) is 1.13. The first kappa shape index (κ1) is 9.05. The number of H-pyrrole nitrogens is 1. The molecule has 0 aliphatic heterocycles. The zero-order chi connectivity index (χ0) is 10.5. The van der Waals surface area contributed by atoms with E-state index >= 15 is 0 Å². The molecule has 0 saturated heterocycles. The second-order valence-electron chi connectivity index (χ2n) is 2.93. The maximum absolute atomic E-state index is 8.70. The molecule has 1 aromatic heterocycles. The number of benzene rings is 1. The molecule has 0 radical (unpaired) electrons. The normalized spacial score (nSPS) is 8.73. The summed E-state index contributed by atoms with van der Waals surface area (Å²) >= 11 is 0. The molecule has 0 bridgehead atoms. The van der Waals surface area contributed by atoms with Gasteiger partial charge in [0.2, 0.25) is 0 Å². The molecule has 0 atom stereocenters. The summed E-state index contributed by atoms with van der Waals surface area (Å²) in [6.07, 6.45) is 3.38. The van der Waals surface area contributed by atoms with E-state index in [0.717, 1.165) is 11.1 Å². The fourth-order valence-corrected chi connectivity index (χ4v) is 1.13. The zero-order valence-corrected chi connectivity index (χ0v) is 7.86. The predicted molar refractivity (Wildman–Crippen MR) is 55.7 cm³/mol. The third-order valence-electron chi connectivity index (χ3n) is 1.84. The highest BCUT2D eigenvalue weighted by molar-refractivity contribution is 5.44. The number of hydrogen-bond donors (Lipinski definition) is 1. The van der Waals surface area contributed by atoms with Gasteiger partial charge in [-0.05, 0) is 18.2 Å². The van der Waals surface area contributed by atoms with Gasteiger partial charge >= 0.3 is 0 Å². The largest absolute Gasteiger partial charge is 0.284 e. The Balaban J connectivity index is 2.28. The van der Waals surface area contributed by atoms with Gasteiger partial charge in [-0.1, -0.05) is 17.9 Å². The van der Waals surface area contributed by atoms with Gasteiger partial charge in [0, 0.05) is 11.8 Å². The summed E-state index contributed by atoms with van der Waals surface area (Å²) in [5.74, 6) is 5.90. The van der Waals surface area contributed by atoms with E-state index in [-0.39, 0.29) is 0 Å². The van der Waals surface area contributed by atoms with Gasteiger partial charge in [0.1, 0.15) is 0 Å². The number of aromatic nitrogens is 2. The van der Waals surface area contributed by atoms with E-state index in [0.29, 0.717) is 5.56 Å². The number of rotatable bonds is 0. The lowest BCUT2D eigenvalue weighted by molar-refractivity contribution is 1.09. The van der Waals surface area contributed by atoms with Crippen LogP contribution in [0.4, 0.5) is 0 Å². The van der Waals surface area contributed by atoms with Gasteiger partial charge in [-0.3, -0.25) is 5.10 Å². The van der Waals surface area contributed by atoms with Gasteiger partial charge in [0.25, 0.3) is 0 Å². The summed E-state index contributed by atoms with van der Waals surface area (Å²) in [7, 11) is 0. The van der Waals surface area contributed by atoms with Crippen LogP contribution in [-0.4, -0.2) is 10.2 Å². The Morgan fingerprint density at radius 1 is 1.13 bits per heavy atom. The van der Waals surface area contributed by atoms with E-state index in [1.165, 1.54) is 0 Å². The van der Waals surface area contributed by atoms with Crippen LogP contribution in [0.3, 0.4) is 0 Å². The lowest BCUT2D eigenvalue weighted by Gasteiger charge is -1.89. The van der Waals surface area contributed by atoms with E-state index in [2.05, 4.69) is 28.1 Å². The van der Waals surface area contributed by atoms with E-state index in [4.69, 9.17) is 5.26 Å². The summed E-state index contributed by atoms with van der Waals surface area (Å²) in [4.78, 5) is 0. The second-order valence-corrected chi connectivity index (χ2v) is 2.93. The van der Waals surface area contributed by atoms with Crippen molar-refractivity contribution in [2.75, 3.05) is 0 Å². The molecule has 3 nitrogen and oxygen atoms in total. The van der Waals surface area contributed by atoms with Crippen LogP contribution >= 0.6 is 0 Å². The Hall–Kier alpha value is -2.52. The van der Waals surface area contributed by atoms with Crippen molar-refractivity contribution in [1.29, 1.82) is 5.26 Å². The smallest absolute Gasteiger partial charge is 0.0992 e. The first-order valence-electron chi connectivity index (χ1n) is 4.39. The summed E-state index contributed by atoms with van der Waals surface area (Å²) < 4.78 is 0. The number of nitrogens with zero attached hydrogens (tertiary/aromatic N) is 2. The Morgan fingerprint density at radius 2 is 1.93 bits per heavy atom. The van der Waals surface area contributed by atoms with Gasteiger partial charge < -0.3 is 0 Å². The minimum Gasteiger partial charge on any atom is -0.284 e. The first-order chi connectivity index (χ1) is 7.38. The molecule has 70 valence electrons. The third-order valence-corrected chi connectivity index (χ3v) is 1.84. The highest BCUT2D eigenvalue weighted by Crippen LogP contribution is 2.02. The van der Waals surface area contributed by atoms with Crippen molar-refractivity contribution < 1.29 is 0 Å². The number of nitrogens with one attached hydrogen (secondary N) is 1. The van der Waals surface area contributed by atoms with Crippen molar-refractivity contribution in [3.05, 3.63) is 53.3 Å². The third kappa shape index (κ3) is 2.24. The summed E-state index contributed by atoms with van der Waals surface area (Å²) in [5, 5.41) is 15.2. The summed E-state index contributed by atoms with van der Waals surface area (Å²) in [5.41, 5.74) is 2.28. The zero-order valence-electron chi connectivity index (χ0n) is 7.86. The van der Waals surface area contributed by atoms with Crippen LogP contribution in [0.5, 0.6) is 0 Å². The molecule has 0 spiro atoms. The quantitative estimate of drug-likeness (QED) is 0.647. The molecule has 1 heterocycles. The van der Waals surface area contributed by atoms with Crippen molar-refractivity contribution >= 4 is 0 Å². The van der Waals surface area contributed by atoms with Crippen LogP contribution in [0.2, 0.25) is 0 Å². The van der Waals surface area contributed by atoms with Crippen LogP contribution in [0, 0.1) is 23.2 Å². The molecule has 0 aliphatic rings. The number of hydrogen-bond acceptors (Lipinski definition) is 2. The molecule has 0 amide bonds. The molecular weight excluding hydrogens is 186 g/mol. The van der Waals surface area contributed by atoms with Crippen LogP contribution in [0.15, 0.2) is 36.7 Å². The Labute approximate surface area is 87.4 Å². The lowest BCUT2D eigenvalue weighted by atomic mass is 10.1. The topological polar surface area (TPSA) is 52.5 Å². The van der Waals surface area contributed by atoms with Crippen molar-refractivity contribution in [1.82, 2.24) is 10.2 Å². The minimum atomic E-state index is 0.619. The average Bonchev–Trinajstić information content (AvgIpc) is 2.79. The molecular formula is C12H7N3. The highest BCUT2D eigenvalue weighted by Gasteiger charge is 1.91.